The van der Waals surface area contributed by atoms with Crippen LogP contribution in [0, 0.1) is 0 Å². The number of ether oxygens (including phenoxy) is 4. The predicted molar refractivity (Wildman–Crippen MR) is 339 cm³/mol. The van der Waals surface area contributed by atoms with Crippen LogP contribution in [0.4, 0.5) is 11.4 Å². The number of sulfonamides is 2. The quantitative estimate of drug-likeness (QED) is 0.00818. The van der Waals surface area contributed by atoms with E-state index >= 15 is 0 Å². The Hall–Kier alpha value is -7.65. The van der Waals surface area contributed by atoms with Gasteiger partial charge in [0.15, 0.2) is 11.7 Å². The van der Waals surface area contributed by atoms with E-state index in [1.807, 2.05) is 49.1 Å². The van der Waals surface area contributed by atoms with Crippen molar-refractivity contribution < 1.29 is 82.5 Å². The number of nitrogens with two attached hydrogens (primary N) is 2. The number of carbonyl (C=O) groups excluding carboxylic acids is 3. The number of carboxylic acid groups (broad SMARTS) is 1. The molecule has 27 nitrogen and oxygen atoms in total. The lowest BCUT2D eigenvalue weighted by atomic mass is 9.83. The van der Waals surface area contributed by atoms with Crippen molar-refractivity contribution in [2.75, 3.05) is 95.7 Å². The van der Waals surface area contributed by atoms with Gasteiger partial charge in [-0.25, -0.2) is 26.2 Å². The summed E-state index contributed by atoms with van der Waals surface area (Å²) in [6.07, 6.45) is 4.23. The monoisotopic (exact) mass is 1320 g/mol. The van der Waals surface area contributed by atoms with Crippen molar-refractivity contribution in [3.63, 3.8) is 0 Å². The fourth-order valence-electron chi connectivity index (χ4n) is 10.7. The molecule has 10 N–H and O–H groups in total. The van der Waals surface area contributed by atoms with E-state index in [2.05, 4.69) is 44.3 Å². The van der Waals surface area contributed by atoms with E-state index in [-0.39, 0.29) is 101 Å². The number of fused-ring (bicyclic) bond motifs is 2. The molecule has 2 heterocycles. The highest BCUT2D eigenvalue weighted by Gasteiger charge is 2.41. The minimum absolute atomic E-state index is 0.00278. The van der Waals surface area contributed by atoms with E-state index < -0.39 is 87.9 Å². The molecule has 1 fully saturated rings. The van der Waals surface area contributed by atoms with Gasteiger partial charge in [0, 0.05) is 84.8 Å². The second-order valence-electron chi connectivity index (χ2n) is 21.2. The number of allylic oxidation sites excluding steroid dienone is 1. The molecule has 4 atom stereocenters. The first-order valence-corrected chi connectivity index (χ1v) is 34.3. The third-order valence-corrected chi connectivity index (χ3v) is 19.3. The first-order valence-electron chi connectivity index (χ1n) is 29.9. The smallest absolute Gasteiger partial charge is 0.326 e. The highest BCUT2D eigenvalue weighted by molar-refractivity contribution is 7.89. The van der Waals surface area contributed by atoms with E-state index in [0.717, 1.165) is 47.9 Å². The number of aliphatic imine (C=N–C) groups is 1. The number of aliphatic carboxylic acids is 1. The molecule has 0 spiro atoms. The Balaban J connectivity index is 0.822. The van der Waals surface area contributed by atoms with Crippen molar-refractivity contribution in [1.82, 2.24) is 19.8 Å². The van der Waals surface area contributed by atoms with Crippen LogP contribution >= 0.6 is 0 Å². The Morgan fingerprint density at radius 1 is 0.780 bits per heavy atom. The molecule has 4 aromatic rings. The number of nitrogens with zero attached hydrogens (tertiary/aromatic N) is 4. The number of amides is 3. The van der Waals surface area contributed by atoms with Crippen LogP contribution in [0.3, 0.4) is 0 Å². The Labute approximate surface area is 530 Å². The van der Waals surface area contributed by atoms with Crippen molar-refractivity contribution in [3.05, 3.63) is 125 Å². The normalized spacial score (nSPS) is 16.4. The third kappa shape index (κ3) is 19.2. The number of anilines is 2. The SMILES string of the molecule is CCN(CC)c1ccc2c(c1)OC1CC(=[N+](CC)CC)C=CC1=C2c1ccc(S(=O)(=O)NOCCOCCOCCOCCC(=O)N[C@@H](CCN=C(N)N)C(=O)Nc2ccc(C[C@H](NC(=O)C3CCCN3S(=O)(=O)c3ccccc3)C(=O)O)cc2)cc1S(=O)(=O)O. The standard InChI is InChI=1S/C61H80N10O17S3/c1-5-69(6-2)43-20-23-47-53(38-43)88-54-39-44(70(7-3)8-4)21-24-48(54)57(47)49-25-22-46(40-55(49)91(81,82)83)89(77,78)68-87-36-35-86-34-33-85-32-31-84-30-27-56(72)66-50(26-28-64-61(62)63)58(73)65-42-18-16-41(17-19-42)37-51(60(75)76)67-59(74)52-15-12-29-71(52)90(79,80)45-13-10-9-11-14-45/h9-11,13-14,16-25,38,40,50-52,54,68H,5-8,12,15,26-37,39H2,1-4H3,(H8-,62,63,64,65,66,67,72,73,74,75,76,81,82,83)/p+1/t50-,51-,52?,54?/m0/s1. The van der Waals surface area contributed by atoms with Crippen molar-refractivity contribution in [3.8, 4) is 5.75 Å². The highest BCUT2D eigenvalue weighted by Crippen LogP contribution is 2.46. The predicted octanol–water partition coefficient (Wildman–Crippen LogP) is 3.20. The molecule has 1 saturated heterocycles. The van der Waals surface area contributed by atoms with Crippen LogP contribution in [0.25, 0.3) is 5.57 Å². The Morgan fingerprint density at radius 3 is 2.08 bits per heavy atom. The summed E-state index contributed by atoms with van der Waals surface area (Å²) in [5.74, 6) is -2.87. The van der Waals surface area contributed by atoms with Crippen LogP contribution in [-0.2, 0) is 74.8 Å². The lowest BCUT2D eigenvalue weighted by Gasteiger charge is -2.33. The molecule has 2 unspecified atom stereocenters. The molecule has 1 aliphatic carbocycles. The zero-order valence-electron chi connectivity index (χ0n) is 51.2. The van der Waals surface area contributed by atoms with E-state index in [0.29, 0.717) is 46.6 Å². The van der Waals surface area contributed by atoms with E-state index in [4.69, 9.17) is 35.3 Å². The maximum Gasteiger partial charge on any atom is 0.326 e. The van der Waals surface area contributed by atoms with Gasteiger partial charge in [-0.2, -0.15) is 12.7 Å². The van der Waals surface area contributed by atoms with Gasteiger partial charge in [-0.05, 0) is 107 Å². The summed E-state index contributed by atoms with van der Waals surface area (Å²) in [4.78, 5) is 64.3. The minimum atomic E-state index is -5.01. The molecule has 2 aliphatic heterocycles. The number of benzene rings is 4. The van der Waals surface area contributed by atoms with E-state index in [1.54, 1.807) is 30.3 Å². The molecule has 0 bridgehead atoms. The Morgan fingerprint density at radius 2 is 1.44 bits per heavy atom. The van der Waals surface area contributed by atoms with Crippen LogP contribution in [0.1, 0.15) is 76.5 Å². The average molecular weight is 1320 g/mol. The molecule has 494 valence electrons. The molecule has 3 amide bonds. The van der Waals surface area contributed by atoms with E-state index in [9.17, 15) is 54.1 Å². The van der Waals surface area contributed by atoms with Gasteiger partial charge in [-0.15, -0.1) is 0 Å². The first-order chi connectivity index (χ1) is 43.5. The molecule has 0 saturated carbocycles. The maximum atomic E-state index is 13.5. The van der Waals surface area contributed by atoms with Crippen LogP contribution in [0.15, 0.2) is 128 Å². The van der Waals surface area contributed by atoms with Gasteiger partial charge in [0.05, 0.1) is 62.5 Å². The van der Waals surface area contributed by atoms with Crippen molar-refractivity contribution in [2.24, 2.45) is 16.5 Å². The van der Waals surface area contributed by atoms with Gasteiger partial charge in [0.2, 0.25) is 27.7 Å². The molecule has 7 rings (SSSR count). The Kier molecular flexibility index (Phi) is 25.7. The lowest BCUT2D eigenvalue weighted by molar-refractivity contribution is -0.521. The minimum Gasteiger partial charge on any atom is -0.484 e. The fraction of sp³-hybridized carbons (Fsp3) is 0.443. The number of nitrogens with one attached hydrogen (secondary N) is 4. The summed E-state index contributed by atoms with van der Waals surface area (Å²) in [6.45, 7) is 11.5. The van der Waals surface area contributed by atoms with Gasteiger partial charge >= 0.3 is 5.97 Å². The number of carbonyl (C=O) groups is 4. The summed E-state index contributed by atoms with van der Waals surface area (Å²) in [7, 11) is -13.5. The summed E-state index contributed by atoms with van der Waals surface area (Å²) in [6, 6.07) is 19.4. The molecule has 91 heavy (non-hydrogen) atoms. The molecule has 0 aromatic heterocycles. The molecule has 4 aromatic carbocycles. The molecular formula is C61H81N10O17S3+. The first kappa shape index (κ1) is 70.8. The maximum absolute atomic E-state index is 13.5. The van der Waals surface area contributed by atoms with Gasteiger partial charge in [0.1, 0.15) is 48.0 Å². The lowest BCUT2D eigenvalue weighted by Crippen LogP contribution is -2.51. The summed E-state index contributed by atoms with van der Waals surface area (Å²) in [5, 5.41) is 17.9. The van der Waals surface area contributed by atoms with E-state index in [1.165, 1.54) is 36.4 Å². The second-order valence-corrected chi connectivity index (χ2v) is 26.2. The number of carboxylic acids is 1. The molecular weight excluding hydrogens is 1240 g/mol. The highest BCUT2D eigenvalue weighted by atomic mass is 32.2. The third-order valence-electron chi connectivity index (χ3n) is 15.3. The summed E-state index contributed by atoms with van der Waals surface area (Å²) >= 11 is 0. The number of hydrogen-bond acceptors (Lipinski definition) is 17. The zero-order valence-corrected chi connectivity index (χ0v) is 53.7. The number of rotatable bonds is 35. The number of guanidine groups is 1. The van der Waals surface area contributed by atoms with Crippen LogP contribution in [-0.4, -0.2) is 189 Å². The zero-order chi connectivity index (χ0) is 65.9. The molecule has 30 heteroatoms. The number of hydrogen-bond donors (Lipinski definition) is 8. The van der Waals surface area contributed by atoms with Gasteiger partial charge < -0.3 is 56.4 Å². The molecule has 3 aliphatic rings. The topological polar surface area (TPSA) is 379 Å². The molecule has 0 radical (unpaired) electrons. The van der Waals surface area contributed by atoms with Crippen molar-refractivity contribution in [1.29, 1.82) is 0 Å². The van der Waals surface area contributed by atoms with Crippen LogP contribution < -0.4 is 41.9 Å². The van der Waals surface area contributed by atoms with Crippen LogP contribution in [0.2, 0.25) is 0 Å². The second kappa shape index (κ2) is 33.1. The summed E-state index contributed by atoms with van der Waals surface area (Å²) < 4.78 is 117. The Bertz CT molecular complexity index is 3690. The largest absolute Gasteiger partial charge is 0.484 e. The van der Waals surface area contributed by atoms with Gasteiger partial charge in [-0.1, -0.05) is 41.3 Å². The average Bonchev–Trinajstić information content (AvgIpc) is 1.01. The van der Waals surface area contributed by atoms with Crippen LogP contribution in [0.5, 0.6) is 5.75 Å². The fourth-order valence-corrected chi connectivity index (χ4v) is 14.0. The summed E-state index contributed by atoms with van der Waals surface area (Å²) in [5.41, 5.74) is 15.5. The van der Waals surface area contributed by atoms with Gasteiger partial charge in [-0.3, -0.25) is 28.8 Å². The van der Waals surface area contributed by atoms with Gasteiger partial charge in [0.25, 0.3) is 20.1 Å². The van der Waals surface area contributed by atoms with Crippen molar-refractivity contribution in [2.45, 2.75) is 105 Å². The van der Waals surface area contributed by atoms with Crippen molar-refractivity contribution >= 4 is 82.5 Å².